The lowest BCUT2D eigenvalue weighted by molar-refractivity contribution is 0.100. The van der Waals surface area contributed by atoms with Crippen LogP contribution in [0.1, 0.15) is 36.3 Å². The van der Waals surface area contributed by atoms with E-state index in [4.69, 9.17) is 5.73 Å². The van der Waals surface area contributed by atoms with Gasteiger partial charge in [0.2, 0.25) is 5.91 Å². The minimum atomic E-state index is -1.14. The summed E-state index contributed by atoms with van der Waals surface area (Å²) in [5, 5.41) is 11.4. The van der Waals surface area contributed by atoms with Gasteiger partial charge in [-0.1, -0.05) is 19.1 Å². The minimum Gasteiger partial charge on any atom is -0.368 e. The number of carbonyl (C=O) groups is 1. The Kier molecular flexibility index (Phi) is 6.34. The molecule has 0 aliphatic heterocycles. The Morgan fingerprint density at radius 2 is 2.00 bits per heavy atom. The number of rotatable bonds is 8. The topological polar surface area (TPSA) is 93.8 Å². The number of halogens is 2. The minimum absolute atomic E-state index is 0.0966. The van der Waals surface area contributed by atoms with E-state index in [1.54, 1.807) is 43.3 Å². The van der Waals surface area contributed by atoms with Crippen LogP contribution in [0, 0.1) is 5.82 Å². The molecule has 3 N–H and O–H groups in total. The fraction of sp³-hybridized carbons (Fsp3) is 0.273. The molecule has 1 aromatic carbocycles. The molecule has 2 aromatic heterocycles. The summed E-state index contributed by atoms with van der Waals surface area (Å²) in [6, 6.07) is 13.1. The zero-order valence-electron chi connectivity index (χ0n) is 16.8. The molecule has 0 fully saturated rings. The van der Waals surface area contributed by atoms with Crippen molar-refractivity contribution in [1.29, 1.82) is 0 Å². The van der Waals surface area contributed by atoms with Gasteiger partial charge in [-0.05, 0) is 49.7 Å². The lowest BCUT2D eigenvalue weighted by Gasteiger charge is -2.30. The number of amides is 1. The van der Waals surface area contributed by atoms with Crippen molar-refractivity contribution in [3.8, 4) is 11.3 Å². The van der Waals surface area contributed by atoms with Crippen molar-refractivity contribution in [3.63, 3.8) is 0 Å². The summed E-state index contributed by atoms with van der Waals surface area (Å²) in [6.07, 6.45) is 0.456. The van der Waals surface area contributed by atoms with E-state index in [0.29, 0.717) is 22.6 Å². The summed E-state index contributed by atoms with van der Waals surface area (Å²) < 4.78 is 28.1. The standard InChI is InChI=1S/C22H23F2N5O/c1-14(23)12-22(2,20-17(24)7-4-10-26-20)13-27-19-9-8-18(28-29-19)15-5-3-6-16(11-15)21(25)30/h3-11,14H,12-13H2,1-2H3,(H2,25,30)(H,27,29)/t14-,22-/m0/s1. The molecule has 3 aromatic rings. The quantitative estimate of drug-likeness (QED) is 0.586. The third-order valence-corrected chi connectivity index (χ3v) is 4.83. The number of anilines is 1. The van der Waals surface area contributed by atoms with Crippen LogP contribution in [-0.2, 0) is 5.41 Å². The van der Waals surface area contributed by atoms with Gasteiger partial charge in [0.05, 0.1) is 17.6 Å². The first kappa shape index (κ1) is 21.3. The van der Waals surface area contributed by atoms with Gasteiger partial charge in [0, 0.05) is 29.3 Å². The van der Waals surface area contributed by atoms with E-state index in [0.717, 1.165) is 0 Å². The highest BCUT2D eigenvalue weighted by Gasteiger charge is 2.33. The van der Waals surface area contributed by atoms with Crippen molar-refractivity contribution in [2.75, 3.05) is 11.9 Å². The Morgan fingerprint density at radius 3 is 2.63 bits per heavy atom. The lowest BCUT2D eigenvalue weighted by atomic mass is 9.81. The van der Waals surface area contributed by atoms with Crippen LogP contribution < -0.4 is 11.1 Å². The predicted molar refractivity (Wildman–Crippen MR) is 111 cm³/mol. The number of nitrogens with two attached hydrogens (primary N) is 1. The number of hydrogen-bond acceptors (Lipinski definition) is 5. The Labute approximate surface area is 173 Å². The molecule has 0 saturated carbocycles. The van der Waals surface area contributed by atoms with Crippen molar-refractivity contribution < 1.29 is 13.6 Å². The van der Waals surface area contributed by atoms with Gasteiger partial charge in [-0.3, -0.25) is 9.78 Å². The van der Waals surface area contributed by atoms with Gasteiger partial charge in [0.1, 0.15) is 11.6 Å². The van der Waals surface area contributed by atoms with Gasteiger partial charge in [-0.2, -0.15) is 0 Å². The Balaban J connectivity index is 1.78. The maximum atomic E-state index is 14.3. The number of nitrogens with zero attached hydrogens (tertiary/aromatic N) is 3. The molecule has 0 aliphatic carbocycles. The van der Waals surface area contributed by atoms with Crippen molar-refractivity contribution in [3.05, 3.63) is 71.8 Å². The molecule has 2 atom stereocenters. The molecule has 0 unspecified atom stereocenters. The van der Waals surface area contributed by atoms with Crippen molar-refractivity contribution in [2.24, 2.45) is 5.73 Å². The Bertz CT molecular complexity index is 1030. The lowest BCUT2D eigenvalue weighted by Crippen LogP contribution is -2.35. The molecular weight excluding hydrogens is 388 g/mol. The second kappa shape index (κ2) is 8.94. The molecule has 0 bridgehead atoms. The third kappa shape index (κ3) is 4.94. The van der Waals surface area contributed by atoms with Crippen molar-refractivity contribution in [2.45, 2.75) is 31.9 Å². The summed E-state index contributed by atoms with van der Waals surface area (Å²) in [7, 11) is 0. The van der Waals surface area contributed by atoms with Crippen molar-refractivity contribution in [1.82, 2.24) is 15.2 Å². The summed E-state index contributed by atoms with van der Waals surface area (Å²) in [5.41, 5.74) is 6.29. The molecular formula is C22H23F2N5O. The van der Waals surface area contributed by atoms with Crippen LogP contribution in [0.4, 0.5) is 14.6 Å². The first-order chi connectivity index (χ1) is 14.3. The SMILES string of the molecule is C[C@H](F)C[C@@](C)(CNc1ccc(-c2cccc(C(N)=O)c2)nn1)c1ncccc1F. The van der Waals surface area contributed by atoms with Crippen LogP contribution in [-0.4, -0.2) is 33.8 Å². The molecule has 6 nitrogen and oxygen atoms in total. The highest BCUT2D eigenvalue weighted by molar-refractivity contribution is 5.93. The highest BCUT2D eigenvalue weighted by atomic mass is 19.1. The van der Waals surface area contributed by atoms with Gasteiger partial charge >= 0.3 is 0 Å². The average molecular weight is 411 g/mol. The van der Waals surface area contributed by atoms with E-state index in [9.17, 15) is 13.6 Å². The smallest absolute Gasteiger partial charge is 0.248 e. The van der Waals surface area contributed by atoms with Gasteiger partial charge in [0.15, 0.2) is 0 Å². The number of aromatic nitrogens is 3. The maximum absolute atomic E-state index is 14.3. The van der Waals surface area contributed by atoms with Gasteiger partial charge in [-0.25, -0.2) is 8.78 Å². The highest BCUT2D eigenvalue weighted by Crippen LogP contribution is 2.31. The number of hydrogen-bond donors (Lipinski definition) is 2. The Hall–Kier alpha value is -3.42. The molecule has 2 heterocycles. The first-order valence-corrected chi connectivity index (χ1v) is 9.51. The van der Waals surface area contributed by atoms with E-state index in [-0.39, 0.29) is 18.7 Å². The van der Waals surface area contributed by atoms with E-state index in [2.05, 4.69) is 20.5 Å². The van der Waals surface area contributed by atoms with Crippen LogP contribution in [0.5, 0.6) is 0 Å². The average Bonchev–Trinajstić information content (AvgIpc) is 2.72. The first-order valence-electron chi connectivity index (χ1n) is 9.51. The molecule has 0 aliphatic rings. The van der Waals surface area contributed by atoms with Crippen LogP contribution in [0.3, 0.4) is 0 Å². The van der Waals surface area contributed by atoms with Crippen LogP contribution >= 0.6 is 0 Å². The molecule has 8 heteroatoms. The van der Waals surface area contributed by atoms with E-state index < -0.39 is 23.3 Å². The molecule has 1 amide bonds. The van der Waals surface area contributed by atoms with Gasteiger partial charge < -0.3 is 11.1 Å². The monoisotopic (exact) mass is 411 g/mol. The molecule has 3 rings (SSSR count). The summed E-state index contributed by atoms with van der Waals surface area (Å²) >= 11 is 0. The number of benzene rings is 1. The van der Waals surface area contributed by atoms with Crippen LogP contribution in [0.2, 0.25) is 0 Å². The third-order valence-electron chi connectivity index (χ3n) is 4.83. The molecule has 0 radical (unpaired) electrons. The summed E-state index contributed by atoms with van der Waals surface area (Å²) in [5.74, 6) is -0.539. The Morgan fingerprint density at radius 1 is 1.20 bits per heavy atom. The molecule has 30 heavy (non-hydrogen) atoms. The van der Waals surface area contributed by atoms with E-state index in [1.165, 1.54) is 25.3 Å². The van der Waals surface area contributed by atoms with Gasteiger partial charge in [-0.15, -0.1) is 10.2 Å². The number of carbonyl (C=O) groups excluding carboxylic acids is 1. The maximum Gasteiger partial charge on any atom is 0.248 e. The zero-order valence-corrected chi connectivity index (χ0v) is 16.8. The van der Waals surface area contributed by atoms with Crippen LogP contribution in [0.15, 0.2) is 54.7 Å². The summed E-state index contributed by atoms with van der Waals surface area (Å²) in [4.78, 5) is 15.5. The van der Waals surface area contributed by atoms with Gasteiger partial charge in [0.25, 0.3) is 0 Å². The van der Waals surface area contributed by atoms with Crippen LogP contribution in [0.25, 0.3) is 11.3 Å². The summed E-state index contributed by atoms with van der Waals surface area (Å²) in [6.45, 7) is 3.42. The molecule has 0 saturated heterocycles. The molecule has 0 spiro atoms. The largest absolute Gasteiger partial charge is 0.368 e. The predicted octanol–water partition coefficient (Wildman–Crippen LogP) is 3.89. The number of alkyl halides is 1. The van der Waals surface area contributed by atoms with E-state index >= 15 is 0 Å². The zero-order chi connectivity index (χ0) is 21.7. The number of primary amides is 1. The van der Waals surface area contributed by atoms with E-state index in [1.807, 2.05) is 0 Å². The fourth-order valence-electron chi connectivity index (χ4n) is 3.40. The number of pyridine rings is 1. The number of nitrogens with one attached hydrogen (secondary N) is 1. The van der Waals surface area contributed by atoms with Crippen molar-refractivity contribution >= 4 is 11.7 Å². The normalized spacial score (nSPS) is 14.0. The fourth-order valence-corrected chi connectivity index (χ4v) is 3.40. The second-order valence-electron chi connectivity index (χ2n) is 7.48. The molecule has 156 valence electrons. The second-order valence-corrected chi connectivity index (χ2v) is 7.48.